The Morgan fingerprint density at radius 3 is 1.20 bits per heavy atom. The van der Waals surface area contributed by atoms with Gasteiger partial charge in [0.05, 0.1) is 36.6 Å². The van der Waals surface area contributed by atoms with Gasteiger partial charge in [0.1, 0.15) is 0 Å². The van der Waals surface area contributed by atoms with Crippen LogP contribution in [0.25, 0.3) is 0 Å². The predicted molar refractivity (Wildman–Crippen MR) is 349 cm³/mol. The highest BCUT2D eigenvalue weighted by Crippen LogP contribution is 2.33. The number of terminal acetylenes is 1. The molecule has 2 saturated heterocycles. The first-order chi connectivity index (χ1) is 34.8. The molecule has 3 unspecified atom stereocenters. The number of nitriles is 2. The Kier molecular flexibility index (Phi) is 74.7. The average Bonchev–Trinajstić information content (AvgIpc) is 4.23. The molecule has 2 fully saturated rings. The van der Waals surface area contributed by atoms with Gasteiger partial charge in [-0.15, -0.1) is 30.8 Å². The molecule has 5 heteroatoms. The average molecular weight is 1060 g/mol. The van der Waals surface area contributed by atoms with Crippen LogP contribution in [0.2, 0.25) is 0 Å². The number of allylic oxidation sites excluding steroid dienone is 11. The first-order valence-corrected chi connectivity index (χ1v) is 29.0. The second-order valence-electron chi connectivity index (χ2n) is 23.6. The number of likely N-dealkylation sites (N-methyl/N-ethyl adjacent to an activating group) is 1. The van der Waals surface area contributed by atoms with Gasteiger partial charge in [-0.05, 0) is 129 Å². The smallest absolute Gasteiger partial charge is 0.0946 e. The summed E-state index contributed by atoms with van der Waals surface area (Å²) in [6, 6.07) is 4.31. The molecule has 0 saturated carbocycles. The third kappa shape index (κ3) is 95.9. The maximum Gasteiger partial charge on any atom is 0.0946 e. The first kappa shape index (κ1) is 91.6. The lowest BCUT2D eigenvalue weighted by Crippen LogP contribution is -2.12. The van der Waals surface area contributed by atoms with Gasteiger partial charge < -0.3 is 14.4 Å². The quantitative estimate of drug-likeness (QED) is 0.0795. The van der Waals surface area contributed by atoms with E-state index in [1.165, 1.54) is 11.1 Å². The summed E-state index contributed by atoms with van der Waals surface area (Å²) in [5, 5.41) is 17.0. The topological polar surface area (TPSA) is 75.9 Å². The second-order valence-corrected chi connectivity index (χ2v) is 23.6. The molecule has 0 spiro atoms. The molecule has 2 heterocycles. The molecule has 2 aliphatic heterocycles. The van der Waals surface area contributed by atoms with Crippen LogP contribution >= 0.6 is 0 Å². The zero-order valence-electron chi connectivity index (χ0n) is 57.1. The van der Waals surface area contributed by atoms with Gasteiger partial charge in [0.15, 0.2) is 0 Å². The molecular weight excluding hydrogens is 927 g/mol. The second kappa shape index (κ2) is 62.0. The van der Waals surface area contributed by atoms with Crippen molar-refractivity contribution < 1.29 is 9.47 Å². The van der Waals surface area contributed by atoms with E-state index in [9.17, 15) is 0 Å². The molecule has 5 nitrogen and oxygen atoms in total. The summed E-state index contributed by atoms with van der Waals surface area (Å²) in [4.78, 5) is 2.15. The Morgan fingerprint density at radius 2 is 1.12 bits per heavy atom. The summed E-state index contributed by atoms with van der Waals surface area (Å²) in [5.41, 5.74) is 4.71. The van der Waals surface area contributed by atoms with Crippen molar-refractivity contribution in [1.29, 1.82) is 10.5 Å². The summed E-state index contributed by atoms with van der Waals surface area (Å²) in [7, 11) is 4.15. The van der Waals surface area contributed by atoms with Crippen LogP contribution < -0.4 is 0 Å². The third-order valence-electron chi connectivity index (χ3n) is 10.2. The van der Waals surface area contributed by atoms with Crippen LogP contribution in [0.1, 0.15) is 227 Å². The minimum Gasteiger partial charge on any atom is -0.370 e. The van der Waals surface area contributed by atoms with Gasteiger partial charge in [-0.3, -0.25) is 0 Å². The van der Waals surface area contributed by atoms with E-state index in [1.54, 1.807) is 0 Å². The molecule has 444 valence electrons. The van der Waals surface area contributed by atoms with Crippen LogP contribution in [-0.4, -0.2) is 50.0 Å². The zero-order valence-corrected chi connectivity index (χ0v) is 57.1. The maximum absolute atomic E-state index is 8.60. The molecule has 0 aromatic heterocycles. The molecule has 0 aromatic rings. The summed E-state index contributed by atoms with van der Waals surface area (Å²) in [6.45, 7) is 74.4. The maximum atomic E-state index is 8.60. The van der Waals surface area contributed by atoms with Crippen molar-refractivity contribution in [3.05, 3.63) is 84.1 Å². The summed E-state index contributed by atoms with van der Waals surface area (Å²) in [6.07, 6.45) is 24.9. The van der Waals surface area contributed by atoms with Gasteiger partial charge in [-0.1, -0.05) is 232 Å². The molecule has 76 heavy (non-hydrogen) atoms. The Bertz CT molecular complexity index is 1650. The van der Waals surface area contributed by atoms with Crippen molar-refractivity contribution >= 4 is 0 Å². The highest BCUT2D eigenvalue weighted by atomic mass is 16.6. The van der Waals surface area contributed by atoms with Crippen LogP contribution in [0.4, 0.5) is 0 Å². The fraction of sp³-hybridized carbons (Fsp3) is 0.718. The first-order valence-electron chi connectivity index (χ1n) is 29.0. The Morgan fingerprint density at radius 1 is 0.724 bits per heavy atom. The van der Waals surface area contributed by atoms with Crippen molar-refractivity contribution in [1.82, 2.24) is 4.90 Å². The van der Waals surface area contributed by atoms with E-state index in [-0.39, 0.29) is 5.60 Å². The summed E-state index contributed by atoms with van der Waals surface area (Å²) >= 11 is 0. The fourth-order valence-corrected chi connectivity index (χ4v) is 4.47. The Labute approximate surface area is 480 Å². The number of epoxide rings is 2. The lowest BCUT2D eigenvalue weighted by Gasteiger charge is -2.06. The molecular formula is C71H133N3O2. The molecule has 0 amide bonds. The predicted octanol–water partition coefficient (Wildman–Crippen LogP) is 21.4. The molecule has 3 atom stereocenters. The monoisotopic (exact) mass is 1060 g/mol. The number of nitrogens with zero attached hydrogens (tertiary/aromatic N) is 3. The van der Waals surface area contributed by atoms with Crippen molar-refractivity contribution in [2.75, 3.05) is 27.2 Å². The molecule has 2 aliphatic rings. The van der Waals surface area contributed by atoms with Gasteiger partial charge in [0.25, 0.3) is 0 Å². The van der Waals surface area contributed by atoms with Crippen molar-refractivity contribution in [2.45, 2.75) is 245 Å². The molecule has 0 bridgehead atoms. The van der Waals surface area contributed by atoms with Gasteiger partial charge >= 0.3 is 0 Å². The highest BCUT2D eigenvalue weighted by molar-refractivity contribution is 5.22. The largest absolute Gasteiger partial charge is 0.370 e. The van der Waals surface area contributed by atoms with Crippen LogP contribution in [-0.2, 0) is 9.47 Å². The molecule has 0 aliphatic carbocycles. The third-order valence-corrected chi connectivity index (χ3v) is 10.2. The standard InChI is InChI=1S/C9H15N.C8H17N.C7H11N.C7H14.2C6H12O.2C6H12.C6H10.C5H10.C5H8/c1-4-5-6-9(7-10)8(2)3;1-8(2)6-5-7-9(3)4;1-4-7(5-8)6(2)3;1-6(2)5-7(3)4;1-5(2)6(3)4-7-6;1-4(2)6-5(3)7-6;1-5(2)6(3)4;2*1-4-5-6(2)3;2*1-4-5(2)3/h6,8H,4-5H2,1-3H3;5-6,8H,7H2,1-4H3;4,6H,1-3H3;5-6H,1-4H3;5H,4H2,1-3H3;4-6H,1-3H3;6H,1H2,2-4H3;4-6H,1-3H3;6H,1-3H3;4-5H,1H2,2-3H3;1,5H,2-3H3/b9-6+;6-5+;7-4+;;;;;5-4+;;;. The lowest BCUT2D eigenvalue weighted by atomic mass is 10.00. The van der Waals surface area contributed by atoms with Crippen LogP contribution in [0.5, 0.6) is 0 Å². The van der Waals surface area contributed by atoms with E-state index in [0.29, 0.717) is 65.5 Å². The normalized spacial score (nSPS) is 15.6. The highest BCUT2D eigenvalue weighted by Gasteiger charge is 2.42. The molecule has 0 N–H and O–H groups in total. The Balaban J connectivity index is -0.0000000934. The van der Waals surface area contributed by atoms with E-state index in [1.807, 2.05) is 87.5 Å². The van der Waals surface area contributed by atoms with E-state index < -0.39 is 0 Å². The molecule has 0 radical (unpaired) electrons. The zero-order chi connectivity index (χ0) is 62.3. The summed E-state index contributed by atoms with van der Waals surface area (Å²) < 4.78 is 10.3. The molecule has 2 rings (SSSR count). The fourth-order valence-electron chi connectivity index (χ4n) is 4.47. The van der Waals surface area contributed by atoms with E-state index in [4.69, 9.17) is 26.4 Å². The molecule has 0 aromatic carbocycles. The lowest BCUT2D eigenvalue weighted by molar-refractivity contribution is 0.260. The number of unbranched alkanes of at least 4 members (excludes halogenated alkanes) is 1. The van der Waals surface area contributed by atoms with E-state index in [2.05, 4.69) is 238 Å². The van der Waals surface area contributed by atoms with Crippen molar-refractivity contribution in [3.63, 3.8) is 0 Å². The van der Waals surface area contributed by atoms with E-state index in [0.717, 1.165) is 49.0 Å². The minimum absolute atomic E-state index is 0.250. The van der Waals surface area contributed by atoms with Crippen molar-refractivity contribution in [3.8, 4) is 36.3 Å². The number of ether oxygens (including phenoxy) is 2. The van der Waals surface area contributed by atoms with Gasteiger partial charge in [0.2, 0.25) is 0 Å². The van der Waals surface area contributed by atoms with Crippen LogP contribution in [0, 0.1) is 112 Å². The van der Waals surface area contributed by atoms with Gasteiger partial charge in [0, 0.05) is 29.5 Å². The number of hydrogen-bond acceptors (Lipinski definition) is 5. The SMILES string of the molecule is C#CC(C)C.C/C=C(\C#N)C(C)C.C/C=C/C(C)C.C=C(C)C(C)C.C=CC(C)C.CC#CC(C)C.CC(C)/C=C/CN(C)C.CC(C)=CC(C)C.CC(C)C1(C)CO1.CC(C)C1OC1C.CCC/C=C(\C#N)C(C)C. The van der Waals surface area contributed by atoms with Crippen molar-refractivity contribution in [2.24, 2.45) is 65.1 Å². The summed E-state index contributed by atoms with van der Waals surface area (Å²) in [5.74, 6) is 14.8. The number of rotatable bonds is 13. The van der Waals surface area contributed by atoms with Gasteiger partial charge in [-0.2, -0.15) is 10.5 Å². The van der Waals surface area contributed by atoms with E-state index >= 15 is 0 Å². The van der Waals surface area contributed by atoms with Crippen LogP contribution in [0.15, 0.2) is 84.1 Å². The minimum atomic E-state index is 0.250. The Hall–Kier alpha value is -3.84. The van der Waals surface area contributed by atoms with Crippen LogP contribution in [0.3, 0.4) is 0 Å². The number of hydrogen-bond donors (Lipinski definition) is 0. The van der Waals surface area contributed by atoms with Gasteiger partial charge in [-0.25, -0.2) is 0 Å².